The Bertz CT molecular complexity index is 1850. The quantitative estimate of drug-likeness (QED) is 0.232. The fourth-order valence-electron chi connectivity index (χ4n) is 7.94. The number of benzene rings is 5. The van der Waals surface area contributed by atoms with Crippen LogP contribution in [0, 0.1) is 0 Å². The lowest BCUT2D eigenvalue weighted by molar-refractivity contribution is 0.360. The molecule has 5 aromatic carbocycles. The first kappa shape index (κ1) is 21.6. The molecule has 2 aliphatic heterocycles. The molecule has 0 saturated carbocycles. The van der Waals surface area contributed by atoms with Gasteiger partial charge in [0.1, 0.15) is 0 Å². The summed E-state index contributed by atoms with van der Waals surface area (Å²) in [5.74, 6) is 1.16. The standard InChI is InChI=1S/C36H29N3/c1-2-10-26-24(9-1)15-18-32-34(26)29-12-4-6-14-31(29)36(32)30-13-5-3-11-27(30)28-17-16-25(23-33(28)36)39-22-8-21-38-20-7-19-37-35(38)39/h1-6,9-18,23H,7-8,19-22H2. The maximum absolute atomic E-state index is 5.01. The molecule has 1 fully saturated rings. The van der Waals surface area contributed by atoms with Crippen molar-refractivity contribution in [2.75, 3.05) is 31.1 Å². The molecule has 0 bridgehead atoms. The highest BCUT2D eigenvalue weighted by atomic mass is 15.4. The predicted molar refractivity (Wildman–Crippen MR) is 161 cm³/mol. The number of nitrogens with zero attached hydrogens (tertiary/aromatic N) is 3. The fraction of sp³-hybridized carbons (Fsp3) is 0.194. The predicted octanol–water partition coefficient (Wildman–Crippen LogP) is 7.46. The summed E-state index contributed by atoms with van der Waals surface area (Å²) in [4.78, 5) is 9.96. The summed E-state index contributed by atoms with van der Waals surface area (Å²) in [5.41, 5.74) is 12.0. The molecule has 2 heterocycles. The van der Waals surface area contributed by atoms with Gasteiger partial charge in [0, 0.05) is 31.9 Å². The maximum Gasteiger partial charge on any atom is 0.201 e. The summed E-state index contributed by atoms with van der Waals surface area (Å²) < 4.78 is 0. The van der Waals surface area contributed by atoms with Crippen LogP contribution < -0.4 is 4.90 Å². The van der Waals surface area contributed by atoms with E-state index in [-0.39, 0.29) is 5.41 Å². The molecule has 5 aromatic rings. The molecular weight excluding hydrogens is 474 g/mol. The van der Waals surface area contributed by atoms with E-state index in [1.165, 1.54) is 67.4 Å². The molecule has 2 aliphatic carbocycles. The number of aliphatic imine (C=N–C) groups is 1. The van der Waals surface area contributed by atoms with Gasteiger partial charge in [-0.25, -0.2) is 0 Å². The van der Waals surface area contributed by atoms with E-state index in [4.69, 9.17) is 4.99 Å². The second-order valence-corrected chi connectivity index (χ2v) is 11.3. The highest BCUT2D eigenvalue weighted by Gasteiger charge is 2.52. The van der Waals surface area contributed by atoms with E-state index in [9.17, 15) is 0 Å². The van der Waals surface area contributed by atoms with Crippen LogP contribution in [0.3, 0.4) is 0 Å². The van der Waals surface area contributed by atoms with Crippen molar-refractivity contribution in [2.45, 2.75) is 18.3 Å². The molecule has 0 amide bonds. The summed E-state index contributed by atoms with van der Waals surface area (Å²) in [6.45, 7) is 4.18. The topological polar surface area (TPSA) is 18.8 Å². The molecule has 0 aromatic heterocycles. The van der Waals surface area contributed by atoms with E-state index >= 15 is 0 Å². The van der Waals surface area contributed by atoms with Gasteiger partial charge < -0.3 is 9.80 Å². The Morgan fingerprint density at radius 1 is 0.590 bits per heavy atom. The lowest BCUT2D eigenvalue weighted by Gasteiger charge is -2.41. The van der Waals surface area contributed by atoms with Gasteiger partial charge in [-0.15, -0.1) is 0 Å². The smallest absolute Gasteiger partial charge is 0.201 e. The third-order valence-electron chi connectivity index (χ3n) is 9.45. The van der Waals surface area contributed by atoms with E-state index in [1.807, 2.05) is 0 Å². The van der Waals surface area contributed by atoms with Gasteiger partial charge in [0.25, 0.3) is 0 Å². The molecule has 3 heteroatoms. The molecule has 1 saturated heterocycles. The lowest BCUT2D eigenvalue weighted by atomic mass is 9.70. The van der Waals surface area contributed by atoms with Gasteiger partial charge >= 0.3 is 0 Å². The normalized spacial score (nSPS) is 20.4. The second kappa shape index (κ2) is 7.83. The first-order chi connectivity index (χ1) is 19.4. The van der Waals surface area contributed by atoms with Crippen LogP contribution in [0.1, 0.15) is 35.1 Å². The Morgan fingerprint density at radius 3 is 2.26 bits per heavy atom. The summed E-state index contributed by atoms with van der Waals surface area (Å²) in [6, 6.07) is 39.0. The van der Waals surface area contributed by atoms with Crippen molar-refractivity contribution in [1.82, 2.24) is 4.90 Å². The summed E-state index contributed by atoms with van der Waals surface area (Å²) in [6.07, 6.45) is 2.32. The summed E-state index contributed by atoms with van der Waals surface area (Å²) in [7, 11) is 0. The van der Waals surface area contributed by atoms with Crippen molar-refractivity contribution in [3.8, 4) is 22.3 Å². The lowest BCUT2D eigenvalue weighted by Crippen LogP contribution is -2.52. The molecule has 0 radical (unpaired) electrons. The van der Waals surface area contributed by atoms with Crippen LogP contribution in [0.25, 0.3) is 33.0 Å². The summed E-state index contributed by atoms with van der Waals surface area (Å²) in [5, 5.41) is 2.64. The monoisotopic (exact) mass is 503 g/mol. The van der Waals surface area contributed by atoms with Gasteiger partial charge in [-0.05, 0) is 80.3 Å². The number of fused-ring (bicyclic) bond motifs is 13. The molecule has 9 rings (SSSR count). The second-order valence-electron chi connectivity index (χ2n) is 11.3. The highest BCUT2D eigenvalue weighted by Crippen LogP contribution is 2.64. The zero-order chi connectivity index (χ0) is 25.6. The molecule has 39 heavy (non-hydrogen) atoms. The van der Waals surface area contributed by atoms with Gasteiger partial charge in [0.05, 0.1) is 5.41 Å². The number of hydrogen-bond acceptors (Lipinski definition) is 3. The van der Waals surface area contributed by atoms with E-state index in [0.29, 0.717) is 0 Å². The Kier molecular flexibility index (Phi) is 4.33. The van der Waals surface area contributed by atoms with Crippen LogP contribution >= 0.6 is 0 Å². The van der Waals surface area contributed by atoms with Crippen LogP contribution in [0.15, 0.2) is 108 Å². The molecule has 0 N–H and O–H groups in total. The molecule has 1 unspecified atom stereocenters. The highest BCUT2D eigenvalue weighted by molar-refractivity contribution is 6.06. The molecule has 1 atom stereocenters. The molecule has 188 valence electrons. The molecular formula is C36H29N3. The minimum absolute atomic E-state index is 0.332. The Labute approximate surface area is 229 Å². The number of guanidine groups is 1. The maximum atomic E-state index is 5.01. The molecule has 4 aliphatic rings. The number of rotatable bonds is 1. The third kappa shape index (κ3) is 2.70. The Morgan fingerprint density at radius 2 is 1.33 bits per heavy atom. The largest absolute Gasteiger partial charge is 0.342 e. The number of hydrogen-bond donors (Lipinski definition) is 0. The van der Waals surface area contributed by atoms with E-state index in [0.717, 1.165) is 38.6 Å². The van der Waals surface area contributed by atoms with Crippen molar-refractivity contribution in [1.29, 1.82) is 0 Å². The van der Waals surface area contributed by atoms with Crippen LogP contribution in [0.4, 0.5) is 5.69 Å². The van der Waals surface area contributed by atoms with Crippen molar-refractivity contribution in [3.63, 3.8) is 0 Å². The van der Waals surface area contributed by atoms with Gasteiger partial charge in [-0.2, -0.15) is 0 Å². The molecule has 1 spiro atoms. The fourth-order valence-corrected chi connectivity index (χ4v) is 7.94. The van der Waals surface area contributed by atoms with E-state index in [2.05, 4.69) is 113 Å². The van der Waals surface area contributed by atoms with Gasteiger partial charge in [-0.3, -0.25) is 4.99 Å². The number of anilines is 1. The summed E-state index contributed by atoms with van der Waals surface area (Å²) >= 11 is 0. The van der Waals surface area contributed by atoms with Crippen molar-refractivity contribution < 1.29 is 0 Å². The third-order valence-corrected chi connectivity index (χ3v) is 9.45. The van der Waals surface area contributed by atoms with Gasteiger partial charge in [0.15, 0.2) is 0 Å². The van der Waals surface area contributed by atoms with Crippen LogP contribution in [0.5, 0.6) is 0 Å². The Balaban J connectivity index is 1.37. The van der Waals surface area contributed by atoms with Crippen molar-refractivity contribution in [3.05, 3.63) is 125 Å². The Hall–Kier alpha value is -4.37. The first-order valence-electron chi connectivity index (χ1n) is 14.3. The van der Waals surface area contributed by atoms with Crippen LogP contribution in [-0.4, -0.2) is 37.0 Å². The van der Waals surface area contributed by atoms with Crippen LogP contribution in [-0.2, 0) is 5.41 Å². The SMILES string of the molecule is c1ccc2c(c1)-c1ccc(N3CCCN4CCCN=C43)cc1C21c2ccccc2-c2c1ccc1ccccc21. The average Bonchev–Trinajstić information content (AvgIpc) is 3.48. The van der Waals surface area contributed by atoms with Gasteiger partial charge in [-0.1, -0.05) is 91.0 Å². The minimum Gasteiger partial charge on any atom is -0.342 e. The van der Waals surface area contributed by atoms with E-state index in [1.54, 1.807) is 0 Å². The van der Waals surface area contributed by atoms with Crippen LogP contribution in [0.2, 0.25) is 0 Å². The van der Waals surface area contributed by atoms with Gasteiger partial charge in [0.2, 0.25) is 5.96 Å². The first-order valence-corrected chi connectivity index (χ1v) is 14.3. The zero-order valence-corrected chi connectivity index (χ0v) is 21.9. The molecule has 3 nitrogen and oxygen atoms in total. The van der Waals surface area contributed by atoms with Crippen molar-refractivity contribution in [2.24, 2.45) is 4.99 Å². The van der Waals surface area contributed by atoms with E-state index < -0.39 is 0 Å². The average molecular weight is 504 g/mol. The zero-order valence-electron chi connectivity index (χ0n) is 21.9. The minimum atomic E-state index is -0.332. The van der Waals surface area contributed by atoms with Crippen molar-refractivity contribution >= 4 is 22.4 Å².